The van der Waals surface area contributed by atoms with Crippen molar-refractivity contribution < 1.29 is 8.42 Å². The molecule has 0 atom stereocenters. The van der Waals surface area contributed by atoms with Gasteiger partial charge in [-0.15, -0.1) is 0 Å². The average Bonchev–Trinajstić information content (AvgIpc) is 2.56. The molecule has 2 rings (SSSR count). The molecule has 1 fully saturated rings. The van der Waals surface area contributed by atoms with Gasteiger partial charge in [-0.3, -0.25) is 4.68 Å². The lowest BCUT2D eigenvalue weighted by atomic mass is 9.88. The number of nitrogens with zero attached hydrogens (tertiary/aromatic N) is 2. The predicted octanol–water partition coefficient (Wildman–Crippen LogP) is 1.17. The van der Waals surface area contributed by atoms with E-state index < -0.39 is 10.0 Å². The number of aromatic nitrogens is 2. The van der Waals surface area contributed by atoms with E-state index in [4.69, 9.17) is 5.73 Å². The maximum absolute atomic E-state index is 12.4. The van der Waals surface area contributed by atoms with Gasteiger partial charge in [0.1, 0.15) is 4.90 Å². The first-order chi connectivity index (χ1) is 8.81. The van der Waals surface area contributed by atoms with E-state index in [1.165, 1.54) is 4.68 Å². The van der Waals surface area contributed by atoms with Crippen LogP contribution in [-0.4, -0.2) is 24.2 Å². The van der Waals surface area contributed by atoms with Gasteiger partial charge in [0.15, 0.2) is 5.82 Å². The van der Waals surface area contributed by atoms with Crippen molar-refractivity contribution in [2.75, 3.05) is 5.73 Å². The Morgan fingerprint density at radius 3 is 2.37 bits per heavy atom. The Morgan fingerprint density at radius 1 is 1.32 bits per heavy atom. The average molecular weight is 286 g/mol. The van der Waals surface area contributed by atoms with E-state index in [2.05, 4.69) is 16.7 Å². The van der Waals surface area contributed by atoms with Crippen LogP contribution in [-0.2, 0) is 17.1 Å². The van der Waals surface area contributed by atoms with Crippen molar-refractivity contribution in [3.8, 4) is 0 Å². The molecule has 0 aliphatic heterocycles. The molecular formula is C12H22N4O2S. The molecule has 0 radical (unpaired) electrons. The smallest absolute Gasteiger partial charge is 0.246 e. The molecule has 1 saturated carbocycles. The van der Waals surface area contributed by atoms with Gasteiger partial charge in [0.2, 0.25) is 10.0 Å². The third kappa shape index (κ3) is 2.92. The molecular weight excluding hydrogens is 264 g/mol. The Kier molecular flexibility index (Phi) is 3.87. The minimum Gasteiger partial charge on any atom is -0.381 e. The number of aryl methyl sites for hydroxylation is 1. The van der Waals surface area contributed by atoms with Crippen molar-refractivity contribution in [2.45, 2.75) is 50.5 Å². The van der Waals surface area contributed by atoms with Crippen LogP contribution in [0.25, 0.3) is 0 Å². The molecule has 0 unspecified atom stereocenters. The largest absolute Gasteiger partial charge is 0.381 e. The highest BCUT2D eigenvalue weighted by Gasteiger charge is 2.28. The maximum atomic E-state index is 12.4. The maximum Gasteiger partial charge on any atom is 0.246 e. The lowest BCUT2D eigenvalue weighted by molar-refractivity contribution is 0.332. The standard InChI is InChI=1S/C12H22N4O2S/c1-8-4-6-10(7-5-8)15-19(17,18)11-9(2)16(3)14-12(11)13/h8,10,15H,4-7H2,1-3H3,(H2,13,14). The molecule has 0 amide bonds. The topological polar surface area (TPSA) is 90.0 Å². The summed E-state index contributed by atoms with van der Waals surface area (Å²) >= 11 is 0. The van der Waals surface area contributed by atoms with E-state index in [0.29, 0.717) is 11.6 Å². The van der Waals surface area contributed by atoms with Gasteiger partial charge in [-0.25, -0.2) is 13.1 Å². The molecule has 1 heterocycles. The molecule has 1 aromatic heterocycles. The Hall–Kier alpha value is -1.08. The fraction of sp³-hybridized carbons (Fsp3) is 0.750. The van der Waals surface area contributed by atoms with Crippen LogP contribution in [0.2, 0.25) is 0 Å². The molecule has 6 nitrogen and oxygen atoms in total. The second-order valence-electron chi connectivity index (χ2n) is 5.50. The monoisotopic (exact) mass is 286 g/mol. The number of hydrogen-bond donors (Lipinski definition) is 2. The van der Waals surface area contributed by atoms with Gasteiger partial charge in [-0.2, -0.15) is 5.10 Å². The van der Waals surface area contributed by atoms with Crippen LogP contribution in [0.3, 0.4) is 0 Å². The van der Waals surface area contributed by atoms with Crippen molar-refractivity contribution in [3.63, 3.8) is 0 Å². The summed E-state index contributed by atoms with van der Waals surface area (Å²) in [5, 5.41) is 3.96. The number of nitrogens with two attached hydrogens (primary N) is 1. The summed E-state index contributed by atoms with van der Waals surface area (Å²) in [7, 11) is -1.89. The number of nitrogens with one attached hydrogen (secondary N) is 1. The van der Waals surface area contributed by atoms with E-state index in [-0.39, 0.29) is 16.8 Å². The van der Waals surface area contributed by atoms with E-state index in [0.717, 1.165) is 25.7 Å². The Labute approximate surface area is 114 Å². The van der Waals surface area contributed by atoms with Crippen molar-refractivity contribution in [3.05, 3.63) is 5.69 Å². The van der Waals surface area contributed by atoms with Gasteiger partial charge in [-0.1, -0.05) is 6.92 Å². The van der Waals surface area contributed by atoms with Crippen molar-refractivity contribution in [2.24, 2.45) is 13.0 Å². The van der Waals surface area contributed by atoms with Gasteiger partial charge in [-0.05, 0) is 38.5 Å². The SMILES string of the molecule is Cc1c(S(=O)(=O)NC2CCC(C)CC2)c(N)nn1C. The molecule has 19 heavy (non-hydrogen) atoms. The highest BCUT2D eigenvalue weighted by atomic mass is 32.2. The number of sulfonamides is 1. The zero-order valence-electron chi connectivity index (χ0n) is 11.7. The minimum absolute atomic E-state index is 0.0141. The van der Waals surface area contributed by atoms with Crippen molar-refractivity contribution in [1.82, 2.24) is 14.5 Å². The number of nitrogen functional groups attached to an aromatic ring is 1. The summed E-state index contributed by atoms with van der Waals surface area (Å²) < 4.78 is 29.0. The molecule has 0 bridgehead atoms. The number of rotatable bonds is 3. The Morgan fingerprint density at radius 2 is 1.89 bits per heavy atom. The quantitative estimate of drug-likeness (QED) is 0.872. The third-order valence-corrected chi connectivity index (χ3v) is 5.60. The molecule has 1 aliphatic rings. The molecule has 1 aromatic rings. The lowest BCUT2D eigenvalue weighted by Crippen LogP contribution is -2.37. The molecule has 108 valence electrons. The van der Waals surface area contributed by atoms with Crippen LogP contribution in [0.5, 0.6) is 0 Å². The van der Waals surface area contributed by atoms with Crippen LogP contribution in [0.1, 0.15) is 38.3 Å². The van der Waals surface area contributed by atoms with Crippen LogP contribution in [0, 0.1) is 12.8 Å². The van der Waals surface area contributed by atoms with Crippen LogP contribution in [0.15, 0.2) is 4.90 Å². The van der Waals surface area contributed by atoms with Gasteiger partial charge in [0, 0.05) is 13.1 Å². The van der Waals surface area contributed by atoms with Crippen molar-refractivity contribution in [1.29, 1.82) is 0 Å². The highest BCUT2D eigenvalue weighted by Crippen LogP contribution is 2.26. The number of anilines is 1. The molecule has 7 heteroatoms. The fourth-order valence-corrected chi connectivity index (χ4v) is 4.23. The predicted molar refractivity (Wildman–Crippen MR) is 74.1 cm³/mol. The Balaban J connectivity index is 2.19. The molecule has 3 N–H and O–H groups in total. The summed E-state index contributed by atoms with van der Waals surface area (Å²) in [6.45, 7) is 3.91. The molecule has 0 saturated heterocycles. The molecule has 0 spiro atoms. The first-order valence-corrected chi connectivity index (χ1v) is 8.11. The fourth-order valence-electron chi connectivity index (χ4n) is 2.60. The van der Waals surface area contributed by atoms with Crippen LogP contribution in [0.4, 0.5) is 5.82 Å². The zero-order chi connectivity index (χ0) is 14.2. The summed E-state index contributed by atoms with van der Waals surface area (Å²) in [6, 6.07) is 0.0141. The Bertz CT molecular complexity index is 557. The van der Waals surface area contributed by atoms with Gasteiger partial charge >= 0.3 is 0 Å². The zero-order valence-corrected chi connectivity index (χ0v) is 12.5. The molecule has 0 aromatic carbocycles. The van der Waals surface area contributed by atoms with Crippen molar-refractivity contribution >= 4 is 15.8 Å². The second kappa shape index (κ2) is 5.13. The first kappa shape index (κ1) is 14.3. The van der Waals surface area contributed by atoms with E-state index in [1.54, 1.807) is 14.0 Å². The van der Waals surface area contributed by atoms with Gasteiger partial charge < -0.3 is 5.73 Å². The first-order valence-electron chi connectivity index (χ1n) is 6.62. The van der Waals surface area contributed by atoms with Gasteiger partial charge in [0.25, 0.3) is 0 Å². The third-order valence-electron chi connectivity index (χ3n) is 3.91. The minimum atomic E-state index is -3.58. The lowest BCUT2D eigenvalue weighted by Gasteiger charge is -2.26. The van der Waals surface area contributed by atoms with Crippen LogP contribution < -0.4 is 10.5 Å². The van der Waals surface area contributed by atoms with E-state index in [9.17, 15) is 8.42 Å². The summed E-state index contributed by atoms with van der Waals surface area (Å²) in [5.74, 6) is 0.752. The second-order valence-corrected chi connectivity index (χ2v) is 7.15. The van der Waals surface area contributed by atoms with E-state index in [1.807, 2.05) is 0 Å². The molecule has 1 aliphatic carbocycles. The summed E-state index contributed by atoms with van der Waals surface area (Å²) in [5.41, 5.74) is 6.27. The van der Waals surface area contributed by atoms with Gasteiger partial charge in [0.05, 0.1) is 5.69 Å². The van der Waals surface area contributed by atoms with Crippen LogP contribution >= 0.6 is 0 Å². The normalized spacial score (nSPS) is 24.6. The summed E-state index contributed by atoms with van der Waals surface area (Å²) in [4.78, 5) is 0.119. The summed E-state index contributed by atoms with van der Waals surface area (Å²) in [6.07, 6.45) is 3.91. The number of hydrogen-bond acceptors (Lipinski definition) is 4. The highest BCUT2D eigenvalue weighted by molar-refractivity contribution is 7.89. The van der Waals surface area contributed by atoms with E-state index >= 15 is 0 Å².